The summed E-state index contributed by atoms with van der Waals surface area (Å²) < 4.78 is 51.0. The van der Waals surface area contributed by atoms with E-state index < -0.39 is 65.8 Å². The van der Waals surface area contributed by atoms with E-state index in [-0.39, 0.29) is 17.5 Å². The van der Waals surface area contributed by atoms with Crippen molar-refractivity contribution in [3.63, 3.8) is 0 Å². The van der Waals surface area contributed by atoms with Crippen LogP contribution < -0.4 is 21.5 Å². The second-order valence-electron chi connectivity index (χ2n) is 6.84. The molecular weight excluding hydrogens is 507 g/mol. The summed E-state index contributed by atoms with van der Waals surface area (Å²) >= 11 is 0. The number of nitrogens with two attached hydrogens (primary N) is 1. The smallest absolute Gasteiger partial charge is 0.385 e. The Labute approximate surface area is 176 Å². The van der Waals surface area contributed by atoms with Crippen LogP contribution in [0.15, 0.2) is 4.79 Å². The normalized spacial score (nSPS) is 34.5. The number of hydrogen-bond donors (Lipinski definition) is 9. The molecule has 2 unspecified atom stereocenters. The van der Waals surface area contributed by atoms with Gasteiger partial charge in [0.25, 0.3) is 5.56 Å². The molecule has 0 radical (unpaired) electrons. The minimum atomic E-state index is -5.74. The molecule has 3 aliphatic rings. The van der Waals surface area contributed by atoms with Gasteiger partial charge < -0.3 is 50.5 Å². The molecule has 2 saturated heterocycles. The number of hydrogen-bond acceptors (Lipinski definition) is 14. The lowest BCUT2D eigenvalue weighted by Crippen LogP contribution is -2.61. The molecule has 4 heterocycles. The fourth-order valence-corrected chi connectivity index (χ4v) is 6.71. The van der Waals surface area contributed by atoms with E-state index in [1.165, 1.54) is 4.90 Å². The van der Waals surface area contributed by atoms with Gasteiger partial charge in [0.1, 0.15) is 24.1 Å². The van der Waals surface area contributed by atoms with E-state index in [9.17, 15) is 33.6 Å². The molecule has 22 heteroatoms. The van der Waals surface area contributed by atoms with Crippen LogP contribution >= 0.6 is 23.5 Å². The van der Waals surface area contributed by atoms with E-state index >= 15 is 0 Å². The highest BCUT2D eigenvalue weighted by molar-refractivity contribution is 7.66. The Morgan fingerprint density at radius 1 is 1.19 bits per heavy atom. The van der Waals surface area contributed by atoms with Crippen molar-refractivity contribution in [2.24, 2.45) is 0 Å². The Kier molecular flexibility index (Phi) is 5.40. The number of fused-ring (bicyclic) bond motifs is 7. The Morgan fingerprint density at radius 3 is 2.47 bits per heavy atom. The zero-order valence-corrected chi connectivity index (χ0v) is 18.0. The number of ether oxygens (including phenoxy) is 1. The number of phosphoric ester groups is 1. The number of anilines is 3. The molecular formula is C10H16N5O14P3. The van der Waals surface area contributed by atoms with Gasteiger partial charge in [0.15, 0.2) is 17.6 Å². The molecule has 0 aromatic carbocycles. The number of nitrogens with one attached hydrogen (secondary N) is 2. The fraction of sp³-hybridized carbons (Fsp3) is 0.600. The van der Waals surface area contributed by atoms with Crippen LogP contribution in [0.3, 0.4) is 0 Å². The van der Waals surface area contributed by atoms with Crippen molar-refractivity contribution < 1.29 is 61.4 Å². The number of nitrogen functional groups attached to an aromatic ring is 1. The van der Waals surface area contributed by atoms with E-state index in [0.717, 1.165) is 0 Å². The molecule has 180 valence electrons. The summed E-state index contributed by atoms with van der Waals surface area (Å²) in [6, 6.07) is 0. The largest absolute Gasteiger partial charge is 0.490 e. The van der Waals surface area contributed by atoms with Crippen LogP contribution in [0.5, 0.6) is 0 Å². The highest BCUT2D eigenvalue weighted by Crippen LogP contribution is 2.66. The van der Waals surface area contributed by atoms with E-state index in [1.54, 1.807) is 0 Å². The van der Waals surface area contributed by atoms with Crippen molar-refractivity contribution in [1.29, 1.82) is 0 Å². The summed E-state index contributed by atoms with van der Waals surface area (Å²) in [5.74, 6) is -0.271. The number of phosphoric acid groups is 3. The van der Waals surface area contributed by atoms with Crippen LogP contribution in [-0.4, -0.2) is 76.6 Å². The van der Waals surface area contributed by atoms with Gasteiger partial charge in [-0.15, -0.1) is 0 Å². The predicted molar refractivity (Wildman–Crippen MR) is 98.6 cm³/mol. The van der Waals surface area contributed by atoms with Gasteiger partial charge in [-0.1, -0.05) is 0 Å². The zero-order chi connectivity index (χ0) is 23.9. The highest BCUT2D eigenvalue weighted by atomic mass is 31.3. The fourth-order valence-electron chi connectivity index (χ4n) is 3.69. The zero-order valence-electron chi connectivity index (χ0n) is 15.3. The third kappa shape index (κ3) is 3.91. The van der Waals surface area contributed by atoms with Crippen LogP contribution in [0.25, 0.3) is 0 Å². The molecule has 2 fully saturated rings. The highest BCUT2D eigenvalue weighted by Gasteiger charge is 2.72. The van der Waals surface area contributed by atoms with Gasteiger partial charge in [-0.05, 0) is 0 Å². The standard InChI is InChI=1S/C10H16N5O14P3/c11-9-13-5-3(6(17)14-9)12-8-10(18)2(27-7(4(10)16)15(5)8)1-26-31(22,23)29-32(24,25)28-30(19,20)21/h2,4,7-8,12,16,18H,1H2,(H,22,23)(H,24,25)(H2,19,20,21)(H3,11,13,14,17)/t2-,4+,7-,8+,10+/m1/s1. The van der Waals surface area contributed by atoms with E-state index in [1.807, 2.05) is 0 Å². The monoisotopic (exact) mass is 523 g/mol. The van der Waals surface area contributed by atoms with Gasteiger partial charge in [0.05, 0.1) is 6.61 Å². The molecule has 7 atom stereocenters. The van der Waals surface area contributed by atoms with Crippen LogP contribution in [0.1, 0.15) is 0 Å². The summed E-state index contributed by atoms with van der Waals surface area (Å²) in [4.78, 5) is 55.3. The average Bonchev–Trinajstić information content (AvgIpc) is 3.15. The number of aliphatic hydroxyl groups excluding tert-OH is 1. The molecule has 10 N–H and O–H groups in total. The van der Waals surface area contributed by atoms with Gasteiger partial charge in [-0.3, -0.25) is 14.3 Å². The molecule has 0 spiro atoms. The number of nitrogens with zero attached hydrogens (tertiary/aromatic N) is 2. The lowest BCUT2D eigenvalue weighted by molar-refractivity contribution is -0.112. The van der Waals surface area contributed by atoms with Gasteiger partial charge in [-0.2, -0.15) is 13.6 Å². The summed E-state index contributed by atoms with van der Waals surface area (Å²) in [7, 11) is -16.8. The molecule has 0 aliphatic carbocycles. The second-order valence-corrected chi connectivity index (χ2v) is 11.3. The van der Waals surface area contributed by atoms with Gasteiger partial charge in [-0.25, -0.2) is 13.7 Å². The van der Waals surface area contributed by atoms with Crippen LogP contribution in [-0.2, 0) is 31.6 Å². The van der Waals surface area contributed by atoms with Crippen molar-refractivity contribution in [1.82, 2.24) is 9.97 Å². The molecule has 2 bridgehead atoms. The van der Waals surface area contributed by atoms with Crippen molar-refractivity contribution in [3.05, 3.63) is 10.4 Å². The molecule has 32 heavy (non-hydrogen) atoms. The topological polar surface area (TPSA) is 297 Å². The van der Waals surface area contributed by atoms with E-state index in [0.29, 0.717) is 0 Å². The van der Waals surface area contributed by atoms with Gasteiger partial charge in [0, 0.05) is 0 Å². The maximum absolute atomic E-state index is 12.1. The first-order valence-electron chi connectivity index (χ1n) is 8.33. The number of rotatable bonds is 7. The number of aliphatic hydroxyl groups is 2. The first kappa shape index (κ1) is 23.7. The third-order valence-electron chi connectivity index (χ3n) is 4.80. The Balaban J connectivity index is 1.50. The molecule has 1 aromatic heterocycles. The SMILES string of the molecule is Nc1nc2c(c(=O)[nH]1)N[C@H]1N2[C@@H]2O[C@H](COP(=O)(O)OP(=O)(O)OP(=O)(O)O)[C@]1(O)[C@H]2O. The lowest BCUT2D eigenvalue weighted by Gasteiger charge is -2.38. The van der Waals surface area contributed by atoms with Crippen LogP contribution in [0.4, 0.5) is 17.5 Å². The number of aromatic amines is 1. The molecule has 1 aromatic rings. The summed E-state index contributed by atoms with van der Waals surface area (Å²) in [5.41, 5.74) is 2.49. The molecule has 4 rings (SSSR count). The number of H-pyrrole nitrogens is 1. The van der Waals surface area contributed by atoms with Crippen molar-refractivity contribution in [3.8, 4) is 0 Å². The molecule has 19 nitrogen and oxygen atoms in total. The molecule has 0 amide bonds. The molecule has 0 saturated carbocycles. The average molecular weight is 523 g/mol. The maximum Gasteiger partial charge on any atom is 0.490 e. The van der Waals surface area contributed by atoms with Crippen molar-refractivity contribution in [2.45, 2.75) is 30.2 Å². The summed E-state index contributed by atoms with van der Waals surface area (Å²) in [6.45, 7) is -1.01. The lowest BCUT2D eigenvalue weighted by atomic mass is 9.92. The first-order valence-corrected chi connectivity index (χ1v) is 12.8. The van der Waals surface area contributed by atoms with Gasteiger partial charge in [0.2, 0.25) is 5.95 Å². The number of aromatic nitrogens is 2. The summed E-state index contributed by atoms with van der Waals surface area (Å²) in [6.07, 6.45) is -5.70. The second kappa shape index (κ2) is 7.28. The van der Waals surface area contributed by atoms with Crippen molar-refractivity contribution >= 4 is 40.9 Å². The first-order chi connectivity index (χ1) is 14.5. The van der Waals surface area contributed by atoms with E-state index in [4.69, 9.17) is 25.2 Å². The molecule has 3 aliphatic heterocycles. The minimum absolute atomic E-state index is 0.0254. The summed E-state index contributed by atoms with van der Waals surface area (Å²) in [5, 5.41) is 24.2. The quantitative estimate of drug-likeness (QED) is 0.162. The Morgan fingerprint density at radius 2 is 1.84 bits per heavy atom. The maximum atomic E-state index is 12.1. The van der Waals surface area contributed by atoms with Crippen molar-refractivity contribution in [2.75, 3.05) is 22.6 Å². The van der Waals surface area contributed by atoms with Crippen LogP contribution in [0, 0.1) is 0 Å². The predicted octanol–water partition coefficient (Wildman–Crippen LogP) is -2.92. The Hall–Kier alpha value is -1.43. The minimum Gasteiger partial charge on any atom is -0.385 e. The van der Waals surface area contributed by atoms with E-state index in [2.05, 4.69) is 28.4 Å². The van der Waals surface area contributed by atoms with Gasteiger partial charge >= 0.3 is 23.5 Å². The Bertz CT molecular complexity index is 1150. The third-order valence-corrected chi connectivity index (χ3v) is 8.61. The van der Waals surface area contributed by atoms with Crippen LogP contribution in [0.2, 0.25) is 0 Å².